The molecular formula is C17H11Cl2F4N2+. The first-order valence-electron chi connectivity index (χ1n) is 7.08. The average Bonchev–Trinajstić information content (AvgIpc) is 2.94. The third-order valence-electron chi connectivity index (χ3n) is 3.81. The Morgan fingerprint density at radius 2 is 1.72 bits per heavy atom. The summed E-state index contributed by atoms with van der Waals surface area (Å²) in [4.78, 5) is 0. The average molecular weight is 390 g/mol. The maximum atomic E-state index is 13.8. The lowest BCUT2D eigenvalue weighted by atomic mass is 10.0. The highest BCUT2D eigenvalue weighted by Gasteiger charge is 2.43. The molecule has 0 bridgehead atoms. The van der Waals surface area contributed by atoms with E-state index in [9.17, 15) is 17.6 Å². The third kappa shape index (κ3) is 3.42. The highest BCUT2D eigenvalue weighted by Crippen LogP contribution is 2.40. The van der Waals surface area contributed by atoms with E-state index in [0.717, 1.165) is 12.1 Å². The van der Waals surface area contributed by atoms with Crippen molar-refractivity contribution in [2.24, 2.45) is 5.10 Å². The number of hydrogen-bond acceptors (Lipinski definition) is 1. The Bertz CT molecular complexity index is 906. The predicted octanol–water partition coefficient (Wildman–Crippen LogP) is 6.18. The lowest BCUT2D eigenvalue weighted by Crippen LogP contribution is -2.33. The topological polar surface area (TPSA) is 12.4 Å². The van der Waals surface area contributed by atoms with E-state index in [1.165, 1.54) is 25.4 Å². The van der Waals surface area contributed by atoms with Gasteiger partial charge in [0.05, 0.1) is 10.0 Å². The number of benzene rings is 2. The van der Waals surface area contributed by atoms with Crippen molar-refractivity contribution in [3.63, 3.8) is 0 Å². The molecule has 1 heterocycles. The summed E-state index contributed by atoms with van der Waals surface area (Å²) < 4.78 is 52.0. The van der Waals surface area contributed by atoms with E-state index in [1.807, 2.05) is 0 Å². The molecule has 0 spiro atoms. The van der Waals surface area contributed by atoms with Crippen LogP contribution in [-0.4, -0.2) is 18.9 Å². The minimum atomic E-state index is -4.58. The zero-order chi connectivity index (χ0) is 18.4. The Morgan fingerprint density at radius 1 is 1.00 bits per heavy atom. The van der Waals surface area contributed by atoms with Gasteiger partial charge in [0.25, 0.3) is 0 Å². The first kappa shape index (κ1) is 17.9. The van der Waals surface area contributed by atoms with E-state index >= 15 is 0 Å². The summed E-state index contributed by atoms with van der Waals surface area (Å²) in [6.07, 6.45) is -2.45. The molecule has 8 heteroatoms. The number of alkyl halides is 3. The highest BCUT2D eigenvalue weighted by molar-refractivity contribution is 6.42. The molecule has 1 atom stereocenters. The molecule has 25 heavy (non-hydrogen) atoms. The molecule has 0 radical (unpaired) electrons. The monoisotopic (exact) mass is 389 g/mol. The normalized spacial score (nSPS) is 20.0. The summed E-state index contributed by atoms with van der Waals surface area (Å²) in [6, 6.07) is 8.65. The standard InChI is InChI=1S/C17H11Cl2F4N2/c1-25(7-6-16(24-25)17(21,22)23)15-9-11(20)3-4-12(15)10-2-5-13(18)14(19)8-10/h2-9H,1H3/q+1. The van der Waals surface area contributed by atoms with Crippen molar-refractivity contribution in [2.75, 3.05) is 7.05 Å². The van der Waals surface area contributed by atoms with Gasteiger partial charge in [-0.25, -0.2) is 4.39 Å². The number of rotatable bonds is 2. The maximum absolute atomic E-state index is 13.8. The number of nitrogens with zero attached hydrogens (tertiary/aromatic N) is 2. The minimum Gasteiger partial charge on any atom is -0.207 e. The first-order valence-corrected chi connectivity index (χ1v) is 7.84. The second-order valence-corrected chi connectivity index (χ2v) is 6.43. The molecule has 2 aromatic rings. The van der Waals surface area contributed by atoms with Gasteiger partial charge in [-0.1, -0.05) is 34.4 Å². The van der Waals surface area contributed by atoms with Crippen LogP contribution >= 0.6 is 23.2 Å². The van der Waals surface area contributed by atoms with Crippen LogP contribution in [0.1, 0.15) is 0 Å². The molecule has 1 aliphatic rings. The number of allylic oxidation sites excluding steroid dienone is 1. The third-order valence-corrected chi connectivity index (χ3v) is 4.55. The van der Waals surface area contributed by atoms with Gasteiger partial charge < -0.3 is 0 Å². The molecule has 2 aromatic carbocycles. The molecular weight excluding hydrogens is 379 g/mol. The molecule has 130 valence electrons. The van der Waals surface area contributed by atoms with Crippen LogP contribution in [0.2, 0.25) is 10.0 Å². The second-order valence-electron chi connectivity index (χ2n) is 5.62. The Hall–Kier alpha value is -1.89. The van der Waals surface area contributed by atoms with Crippen molar-refractivity contribution in [2.45, 2.75) is 6.18 Å². The van der Waals surface area contributed by atoms with Gasteiger partial charge in [-0.2, -0.15) is 13.2 Å². The van der Waals surface area contributed by atoms with E-state index in [2.05, 4.69) is 5.10 Å². The van der Waals surface area contributed by atoms with Crippen LogP contribution < -0.4 is 4.59 Å². The lowest BCUT2D eigenvalue weighted by Gasteiger charge is -2.23. The van der Waals surface area contributed by atoms with Crippen LogP contribution in [-0.2, 0) is 0 Å². The van der Waals surface area contributed by atoms with E-state index in [0.29, 0.717) is 16.1 Å². The summed E-state index contributed by atoms with van der Waals surface area (Å²) in [5.41, 5.74) is 0.306. The van der Waals surface area contributed by atoms with Crippen molar-refractivity contribution >= 4 is 34.6 Å². The van der Waals surface area contributed by atoms with Gasteiger partial charge in [-0.3, -0.25) is 0 Å². The SMILES string of the molecule is C[N+]1(c2cc(F)ccc2-c2ccc(Cl)c(Cl)c2)C=CC(C(F)(F)F)=N1. The molecule has 1 aliphatic heterocycles. The fraction of sp³-hybridized carbons (Fsp3) is 0.118. The minimum absolute atomic E-state index is 0.244. The van der Waals surface area contributed by atoms with Crippen molar-refractivity contribution in [3.05, 3.63) is 64.5 Å². The Kier molecular flexibility index (Phi) is 4.39. The van der Waals surface area contributed by atoms with Gasteiger partial charge in [-0.15, -0.1) is 4.59 Å². The number of quaternary nitrogens is 1. The van der Waals surface area contributed by atoms with Crippen molar-refractivity contribution in [3.8, 4) is 11.1 Å². The van der Waals surface area contributed by atoms with Gasteiger partial charge >= 0.3 is 6.18 Å². The summed E-state index contributed by atoms with van der Waals surface area (Å²) >= 11 is 11.9. The Labute approximate surface area is 151 Å². The molecule has 2 nitrogen and oxygen atoms in total. The van der Waals surface area contributed by atoms with Crippen LogP contribution in [0.25, 0.3) is 11.1 Å². The molecule has 0 saturated heterocycles. The van der Waals surface area contributed by atoms with Crippen molar-refractivity contribution < 1.29 is 17.6 Å². The summed E-state index contributed by atoms with van der Waals surface area (Å²) in [7, 11) is 1.44. The first-order chi connectivity index (χ1) is 11.6. The van der Waals surface area contributed by atoms with E-state index < -0.39 is 22.3 Å². The van der Waals surface area contributed by atoms with Crippen LogP contribution in [0.3, 0.4) is 0 Å². The maximum Gasteiger partial charge on any atom is 0.438 e. The van der Waals surface area contributed by atoms with Gasteiger partial charge in [0.1, 0.15) is 19.1 Å². The number of halogens is 6. The Morgan fingerprint density at radius 3 is 2.32 bits per heavy atom. The summed E-state index contributed by atoms with van der Waals surface area (Å²) in [5.74, 6) is -0.581. The number of hydrogen-bond donors (Lipinski definition) is 0. The molecule has 0 amide bonds. The van der Waals surface area contributed by atoms with Crippen molar-refractivity contribution in [1.29, 1.82) is 0 Å². The van der Waals surface area contributed by atoms with Crippen molar-refractivity contribution in [1.82, 2.24) is 4.59 Å². The lowest BCUT2D eigenvalue weighted by molar-refractivity contribution is -0.0581. The van der Waals surface area contributed by atoms with Gasteiger partial charge in [-0.05, 0) is 29.8 Å². The Balaban J connectivity index is 2.17. The van der Waals surface area contributed by atoms with E-state index in [4.69, 9.17) is 23.2 Å². The molecule has 0 fully saturated rings. The molecule has 0 aromatic heterocycles. The molecule has 0 aliphatic carbocycles. The molecule has 3 rings (SSSR count). The van der Waals surface area contributed by atoms with Crippen LogP contribution in [0.5, 0.6) is 0 Å². The van der Waals surface area contributed by atoms with Gasteiger partial charge in [0.2, 0.25) is 5.71 Å². The van der Waals surface area contributed by atoms with Crippen LogP contribution in [0.15, 0.2) is 53.8 Å². The zero-order valence-corrected chi connectivity index (χ0v) is 14.3. The fourth-order valence-electron chi connectivity index (χ4n) is 2.58. The molecule has 0 saturated carbocycles. The highest BCUT2D eigenvalue weighted by atomic mass is 35.5. The second kappa shape index (κ2) is 6.12. The van der Waals surface area contributed by atoms with Crippen LogP contribution in [0, 0.1) is 5.82 Å². The smallest absolute Gasteiger partial charge is 0.207 e. The quantitative estimate of drug-likeness (QED) is 0.429. The molecule has 1 unspecified atom stereocenters. The zero-order valence-electron chi connectivity index (χ0n) is 12.8. The van der Waals surface area contributed by atoms with Gasteiger partial charge in [0.15, 0.2) is 5.69 Å². The van der Waals surface area contributed by atoms with Gasteiger partial charge in [0, 0.05) is 17.7 Å². The summed E-state index contributed by atoms with van der Waals surface area (Å²) in [5, 5.41) is 4.35. The van der Waals surface area contributed by atoms with Crippen LogP contribution in [0.4, 0.5) is 23.2 Å². The largest absolute Gasteiger partial charge is 0.438 e. The summed E-state index contributed by atoms with van der Waals surface area (Å²) in [6.45, 7) is 0. The predicted molar refractivity (Wildman–Crippen MR) is 92.2 cm³/mol. The van der Waals surface area contributed by atoms with E-state index in [-0.39, 0.29) is 10.7 Å². The fourth-order valence-corrected chi connectivity index (χ4v) is 2.88. The van der Waals surface area contributed by atoms with E-state index in [1.54, 1.807) is 18.2 Å². The molecule has 0 N–H and O–H groups in total.